The number of hydrogen-bond donors (Lipinski definition) is 1. The molecule has 0 aromatic heterocycles. The number of methoxy groups -OCH3 is 2. The van der Waals surface area contributed by atoms with Gasteiger partial charge in [-0.3, -0.25) is 13.9 Å². The molecule has 2 amide bonds. The number of carbonyl (C=O) groups excluding carboxylic acids is 2. The quantitative estimate of drug-likeness (QED) is 0.249. The minimum absolute atomic E-state index is 0.00121. The molecule has 1 N–H and O–H groups in total. The molecular formula is C31H37Cl2N3O6S. The Labute approximate surface area is 263 Å². The van der Waals surface area contributed by atoms with Gasteiger partial charge in [0, 0.05) is 18.7 Å². The lowest BCUT2D eigenvalue weighted by molar-refractivity contribution is -0.140. The molecule has 0 radical (unpaired) electrons. The Morgan fingerprint density at radius 1 is 0.907 bits per heavy atom. The van der Waals surface area contributed by atoms with Crippen LogP contribution in [0.2, 0.25) is 10.0 Å². The highest BCUT2D eigenvalue weighted by Gasteiger charge is 2.34. The molecule has 0 fully saturated rings. The van der Waals surface area contributed by atoms with Crippen LogP contribution in [0, 0.1) is 6.92 Å². The van der Waals surface area contributed by atoms with Crippen LogP contribution in [0.4, 0.5) is 5.69 Å². The van der Waals surface area contributed by atoms with Gasteiger partial charge < -0.3 is 19.7 Å². The van der Waals surface area contributed by atoms with Crippen molar-refractivity contribution in [2.75, 3.05) is 25.1 Å². The van der Waals surface area contributed by atoms with Crippen LogP contribution in [0.3, 0.4) is 0 Å². The van der Waals surface area contributed by atoms with E-state index in [9.17, 15) is 18.0 Å². The van der Waals surface area contributed by atoms with E-state index in [1.165, 1.54) is 43.4 Å². The van der Waals surface area contributed by atoms with E-state index in [-0.39, 0.29) is 41.2 Å². The second-order valence-corrected chi connectivity index (χ2v) is 12.9. The van der Waals surface area contributed by atoms with Gasteiger partial charge in [0.1, 0.15) is 12.6 Å². The molecule has 0 aliphatic rings. The maximum atomic E-state index is 14.2. The van der Waals surface area contributed by atoms with Crippen molar-refractivity contribution < 1.29 is 27.5 Å². The summed E-state index contributed by atoms with van der Waals surface area (Å²) in [6.45, 7) is 6.67. The molecule has 0 saturated heterocycles. The maximum absolute atomic E-state index is 14.2. The lowest BCUT2D eigenvalue weighted by Crippen LogP contribution is -2.53. The van der Waals surface area contributed by atoms with E-state index in [1.54, 1.807) is 43.3 Å². The largest absolute Gasteiger partial charge is 0.493 e. The number of aryl methyl sites for hydroxylation is 1. The summed E-state index contributed by atoms with van der Waals surface area (Å²) >= 11 is 12.4. The van der Waals surface area contributed by atoms with E-state index in [2.05, 4.69) is 5.32 Å². The number of nitrogens with zero attached hydrogens (tertiary/aromatic N) is 2. The molecule has 9 nitrogen and oxygen atoms in total. The van der Waals surface area contributed by atoms with Crippen molar-refractivity contribution in [1.29, 1.82) is 0 Å². The van der Waals surface area contributed by atoms with Crippen LogP contribution in [-0.2, 0) is 26.2 Å². The molecule has 0 aliphatic heterocycles. The topological polar surface area (TPSA) is 105 Å². The van der Waals surface area contributed by atoms with Crippen molar-refractivity contribution in [2.45, 2.75) is 57.6 Å². The number of nitrogens with one attached hydrogen (secondary N) is 1. The van der Waals surface area contributed by atoms with Crippen LogP contribution < -0.4 is 19.1 Å². The zero-order chi connectivity index (χ0) is 31.9. The summed E-state index contributed by atoms with van der Waals surface area (Å²) in [5, 5.41) is 3.50. The third-order valence-corrected chi connectivity index (χ3v) is 9.22. The first-order chi connectivity index (χ1) is 20.3. The fourth-order valence-electron chi connectivity index (χ4n) is 4.48. The van der Waals surface area contributed by atoms with Gasteiger partial charge in [-0.1, -0.05) is 53.9 Å². The molecule has 0 heterocycles. The van der Waals surface area contributed by atoms with Crippen LogP contribution >= 0.6 is 23.2 Å². The molecule has 0 spiro atoms. The number of hydrogen-bond acceptors (Lipinski definition) is 6. The number of benzene rings is 3. The highest BCUT2D eigenvalue weighted by molar-refractivity contribution is 7.92. The predicted octanol–water partition coefficient (Wildman–Crippen LogP) is 5.85. The van der Waals surface area contributed by atoms with Gasteiger partial charge in [0.2, 0.25) is 11.8 Å². The SMILES string of the molecule is CC[C@H](C(=O)NC(C)C)N(Cc1ccc(Cl)c(Cl)c1)C(=O)CN(c1ccc(OC)c(OC)c1)S(=O)(=O)c1ccc(C)cc1. The van der Waals surface area contributed by atoms with E-state index in [0.29, 0.717) is 21.4 Å². The Balaban J connectivity index is 2.13. The zero-order valence-corrected chi connectivity index (χ0v) is 27.4. The number of sulfonamides is 1. The van der Waals surface area contributed by atoms with Crippen molar-refractivity contribution >= 4 is 50.7 Å². The van der Waals surface area contributed by atoms with Crippen molar-refractivity contribution in [3.8, 4) is 11.5 Å². The van der Waals surface area contributed by atoms with E-state index < -0.39 is 28.5 Å². The Hall–Kier alpha value is -3.47. The van der Waals surface area contributed by atoms with E-state index in [0.717, 1.165) is 9.87 Å². The van der Waals surface area contributed by atoms with E-state index >= 15 is 0 Å². The van der Waals surface area contributed by atoms with Gasteiger partial charge in [0.05, 0.1) is 34.8 Å². The smallest absolute Gasteiger partial charge is 0.264 e. The summed E-state index contributed by atoms with van der Waals surface area (Å²) in [4.78, 5) is 28.9. The molecule has 3 aromatic rings. The minimum Gasteiger partial charge on any atom is -0.493 e. The van der Waals surface area contributed by atoms with Gasteiger partial charge in [0.25, 0.3) is 10.0 Å². The van der Waals surface area contributed by atoms with Crippen molar-refractivity contribution in [3.05, 3.63) is 81.8 Å². The fraction of sp³-hybridized carbons (Fsp3) is 0.355. The molecule has 12 heteroatoms. The number of anilines is 1. The highest BCUT2D eigenvalue weighted by atomic mass is 35.5. The summed E-state index contributed by atoms with van der Waals surface area (Å²) in [7, 11) is -1.35. The van der Waals surface area contributed by atoms with Crippen molar-refractivity contribution in [3.63, 3.8) is 0 Å². The van der Waals surface area contributed by atoms with Gasteiger partial charge in [-0.2, -0.15) is 0 Å². The van der Waals surface area contributed by atoms with Gasteiger partial charge >= 0.3 is 0 Å². The Morgan fingerprint density at radius 3 is 2.12 bits per heavy atom. The molecule has 3 rings (SSSR count). The van der Waals surface area contributed by atoms with Crippen LogP contribution in [0.15, 0.2) is 65.6 Å². The molecule has 43 heavy (non-hydrogen) atoms. The molecule has 1 atom stereocenters. The normalized spacial score (nSPS) is 12.0. The Bertz CT molecular complexity index is 1550. The molecule has 0 aliphatic carbocycles. The summed E-state index contributed by atoms with van der Waals surface area (Å²) in [5.74, 6) is -0.276. The summed E-state index contributed by atoms with van der Waals surface area (Å²) < 4.78 is 39.9. The first-order valence-corrected chi connectivity index (χ1v) is 15.9. The lowest BCUT2D eigenvalue weighted by atomic mass is 10.1. The predicted molar refractivity (Wildman–Crippen MR) is 170 cm³/mol. The molecule has 0 bridgehead atoms. The third-order valence-electron chi connectivity index (χ3n) is 6.70. The first-order valence-electron chi connectivity index (χ1n) is 13.7. The third kappa shape index (κ3) is 8.34. The Kier molecular flexibility index (Phi) is 11.7. The second-order valence-electron chi connectivity index (χ2n) is 10.2. The first kappa shape index (κ1) is 34.0. The average molecular weight is 651 g/mol. The van der Waals surface area contributed by atoms with Crippen LogP contribution in [0.25, 0.3) is 0 Å². The second kappa shape index (κ2) is 14.8. The van der Waals surface area contributed by atoms with E-state index in [4.69, 9.17) is 32.7 Å². The van der Waals surface area contributed by atoms with Crippen LogP contribution in [-0.4, -0.2) is 58.0 Å². The monoisotopic (exact) mass is 649 g/mol. The van der Waals surface area contributed by atoms with Crippen molar-refractivity contribution in [1.82, 2.24) is 10.2 Å². The summed E-state index contributed by atoms with van der Waals surface area (Å²) in [6.07, 6.45) is 0.284. The molecule has 232 valence electrons. The highest BCUT2D eigenvalue weighted by Crippen LogP contribution is 2.34. The van der Waals surface area contributed by atoms with Crippen LogP contribution in [0.1, 0.15) is 38.3 Å². The average Bonchev–Trinajstić information content (AvgIpc) is 2.96. The van der Waals surface area contributed by atoms with Gasteiger partial charge in [-0.15, -0.1) is 0 Å². The summed E-state index contributed by atoms with van der Waals surface area (Å²) in [6, 6.07) is 14.8. The number of ether oxygens (including phenoxy) is 2. The number of halogens is 2. The lowest BCUT2D eigenvalue weighted by Gasteiger charge is -2.33. The number of carbonyl (C=O) groups is 2. The molecule has 3 aromatic carbocycles. The summed E-state index contributed by atoms with van der Waals surface area (Å²) in [5.41, 5.74) is 1.68. The number of amides is 2. The minimum atomic E-state index is -4.25. The van der Waals surface area contributed by atoms with E-state index in [1.807, 2.05) is 20.8 Å². The van der Waals surface area contributed by atoms with Gasteiger partial charge in [-0.05, 0) is 69.2 Å². The zero-order valence-electron chi connectivity index (χ0n) is 25.1. The van der Waals surface area contributed by atoms with Crippen LogP contribution in [0.5, 0.6) is 11.5 Å². The number of rotatable bonds is 13. The fourth-order valence-corrected chi connectivity index (χ4v) is 6.21. The van der Waals surface area contributed by atoms with Gasteiger partial charge in [0.15, 0.2) is 11.5 Å². The Morgan fingerprint density at radius 2 is 1.56 bits per heavy atom. The van der Waals surface area contributed by atoms with Gasteiger partial charge in [-0.25, -0.2) is 8.42 Å². The standard InChI is InChI=1S/C31H37Cl2N3O6S/c1-7-27(31(38)34-20(2)3)35(18-22-10-14-25(32)26(33)16-22)30(37)19-36(23-11-15-28(41-5)29(17-23)42-6)43(39,40)24-12-8-21(4)9-13-24/h8-17,20,27H,7,18-19H2,1-6H3,(H,34,38)/t27-/m1/s1. The maximum Gasteiger partial charge on any atom is 0.264 e. The molecule has 0 saturated carbocycles. The van der Waals surface area contributed by atoms with Crippen molar-refractivity contribution in [2.24, 2.45) is 0 Å². The molecular weight excluding hydrogens is 613 g/mol. The molecule has 0 unspecified atom stereocenters.